The van der Waals surface area contributed by atoms with Crippen molar-refractivity contribution < 1.29 is 14.3 Å². The van der Waals surface area contributed by atoms with Crippen molar-refractivity contribution in [3.63, 3.8) is 0 Å². The molecule has 0 spiro atoms. The van der Waals surface area contributed by atoms with Crippen LogP contribution < -0.4 is 5.73 Å². The van der Waals surface area contributed by atoms with Crippen molar-refractivity contribution in [2.75, 3.05) is 13.1 Å². The molecule has 0 unspecified atom stereocenters. The van der Waals surface area contributed by atoms with Crippen LogP contribution in [-0.2, 0) is 4.74 Å². The number of fused-ring (bicyclic) bond motifs is 1. The summed E-state index contributed by atoms with van der Waals surface area (Å²) in [7, 11) is 0. The van der Waals surface area contributed by atoms with Crippen molar-refractivity contribution in [2.45, 2.75) is 45.3 Å². The number of pyridine rings is 1. The average molecular weight is 471 g/mol. The second kappa shape index (κ2) is 7.01. The lowest BCUT2D eigenvalue weighted by atomic mass is 10.1. The van der Waals surface area contributed by atoms with Gasteiger partial charge in [0.2, 0.25) is 0 Å². The van der Waals surface area contributed by atoms with E-state index in [4.69, 9.17) is 10.5 Å². The van der Waals surface area contributed by atoms with Gasteiger partial charge < -0.3 is 15.4 Å². The second-order valence-electron chi connectivity index (χ2n) is 7.41. The van der Waals surface area contributed by atoms with Gasteiger partial charge in [-0.05, 0) is 56.2 Å². The number of carbonyl (C=O) groups is 2. The highest BCUT2D eigenvalue weighted by Crippen LogP contribution is 2.30. The highest BCUT2D eigenvalue weighted by atomic mass is 127. The number of amides is 2. The number of ether oxygens (including phenoxy) is 1. The lowest BCUT2D eigenvalue weighted by Crippen LogP contribution is -2.43. The molecule has 26 heavy (non-hydrogen) atoms. The summed E-state index contributed by atoms with van der Waals surface area (Å²) in [4.78, 5) is 30.1. The third-order valence-corrected chi connectivity index (χ3v) is 5.02. The number of nitrogens with two attached hydrogens (primary N) is 1. The van der Waals surface area contributed by atoms with Gasteiger partial charge in [0.05, 0.1) is 22.5 Å². The number of hydrogen-bond donors (Lipinski definition) is 1. The number of nitrogens with zero attached hydrogens (tertiary/aromatic N) is 4. The minimum atomic E-state index is -0.541. The SMILES string of the molecule is CC(C)(C)OC(=O)N1CCC[C@@H](n2nc(I)c3cncc(C(N)=O)c32)C1. The smallest absolute Gasteiger partial charge is 0.410 e. The van der Waals surface area contributed by atoms with Gasteiger partial charge in [0, 0.05) is 25.5 Å². The van der Waals surface area contributed by atoms with Crippen molar-refractivity contribution in [1.82, 2.24) is 19.7 Å². The molecule has 0 radical (unpaired) electrons. The fourth-order valence-corrected chi connectivity index (χ4v) is 3.77. The quantitative estimate of drug-likeness (QED) is 0.679. The maximum Gasteiger partial charge on any atom is 0.410 e. The number of rotatable bonds is 2. The van der Waals surface area contributed by atoms with Crippen LogP contribution in [0.2, 0.25) is 0 Å². The minimum Gasteiger partial charge on any atom is -0.444 e. The van der Waals surface area contributed by atoms with E-state index < -0.39 is 11.5 Å². The fourth-order valence-electron chi connectivity index (χ4n) is 3.14. The van der Waals surface area contributed by atoms with Crippen LogP contribution in [0, 0.1) is 3.70 Å². The summed E-state index contributed by atoms with van der Waals surface area (Å²) < 4.78 is 8.06. The molecule has 3 heterocycles. The summed E-state index contributed by atoms with van der Waals surface area (Å²) in [6, 6.07) is -0.0530. The lowest BCUT2D eigenvalue weighted by molar-refractivity contribution is 0.0169. The van der Waals surface area contributed by atoms with Gasteiger partial charge in [-0.2, -0.15) is 5.10 Å². The summed E-state index contributed by atoms with van der Waals surface area (Å²) in [5.74, 6) is -0.541. The van der Waals surface area contributed by atoms with Gasteiger partial charge in [-0.3, -0.25) is 14.5 Å². The van der Waals surface area contributed by atoms with Crippen LogP contribution in [0.25, 0.3) is 10.9 Å². The van der Waals surface area contributed by atoms with E-state index in [2.05, 4.69) is 32.7 Å². The summed E-state index contributed by atoms with van der Waals surface area (Å²) >= 11 is 2.12. The number of piperidine rings is 1. The van der Waals surface area contributed by atoms with Gasteiger partial charge >= 0.3 is 6.09 Å². The lowest BCUT2D eigenvalue weighted by Gasteiger charge is -2.34. The largest absolute Gasteiger partial charge is 0.444 e. The zero-order valence-corrected chi connectivity index (χ0v) is 17.2. The molecule has 0 bridgehead atoms. The molecule has 0 aromatic carbocycles. The molecule has 0 aliphatic carbocycles. The van der Waals surface area contributed by atoms with E-state index >= 15 is 0 Å². The van der Waals surface area contributed by atoms with Crippen LogP contribution in [0.5, 0.6) is 0 Å². The summed E-state index contributed by atoms with van der Waals surface area (Å²) in [6.45, 7) is 6.67. The van der Waals surface area contributed by atoms with Crippen molar-refractivity contribution in [3.8, 4) is 0 Å². The Morgan fingerprint density at radius 1 is 1.35 bits per heavy atom. The molecule has 8 nitrogen and oxygen atoms in total. The number of hydrogen-bond acceptors (Lipinski definition) is 5. The van der Waals surface area contributed by atoms with Crippen molar-refractivity contribution in [1.29, 1.82) is 0 Å². The van der Waals surface area contributed by atoms with Crippen molar-refractivity contribution >= 4 is 45.5 Å². The van der Waals surface area contributed by atoms with Gasteiger partial charge in [-0.25, -0.2) is 4.79 Å². The van der Waals surface area contributed by atoms with Crippen LogP contribution in [-0.4, -0.2) is 50.4 Å². The van der Waals surface area contributed by atoms with Crippen LogP contribution >= 0.6 is 22.6 Å². The number of aromatic nitrogens is 3. The van der Waals surface area contributed by atoms with Crippen molar-refractivity contribution in [3.05, 3.63) is 21.7 Å². The predicted octanol–water partition coefficient (Wildman–Crippen LogP) is 2.71. The third-order valence-electron chi connectivity index (χ3n) is 4.22. The highest BCUT2D eigenvalue weighted by molar-refractivity contribution is 14.1. The first-order valence-electron chi connectivity index (χ1n) is 8.47. The Morgan fingerprint density at radius 3 is 2.73 bits per heavy atom. The molecule has 2 amide bonds. The van der Waals surface area contributed by atoms with Gasteiger partial charge in [0.1, 0.15) is 9.30 Å². The first kappa shape index (κ1) is 18.9. The molecular formula is C17H22IN5O3. The average Bonchev–Trinajstić information content (AvgIpc) is 2.90. The van der Waals surface area contributed by atoms with E-state index in [0.29, 0.717) is 24.2 Å². The molecule has 1 atom stereocenters. The van der Waals surface area contributed by atoms with Crippen LogP contribution in [0.4, 0.5) is 4.79 Å². The van der Waals surface area contributed by atoms with Crippen LogP contribution in [0.3, 0.4) is 0 Å². The van der Waals surface area contributed by atoms with Gasteiger partial charge in [0.25, 0.3) is 5.91 Å². The van der Waals surface area contributed by atoms with Gasteiger partial charge in [-0.1, -0.05) is 0 Å². The first-order valence-corrected chi connectivity index (χ1v) is 9.54. The van der Waals surface area contributed by atoms with E-state index in [9.17, 15) is 9.59 Å². The summed E-state index contributed by atoms with van der Waals surface area (Å²) in [5.41, 5.74) is 6.00. The maximum atomic E-state index is 12.4. The Labute approximate surface area is 165 Å². The molecule has 2 aromatic rings. The van der Waals surface area contributed by atoms with Gasteiger partial charge in [-0.15, -0.1) is 0 Å². The zero-order valence-electron chi connectivity index (χ0n) is 15.0. The highest BCUT2D eigenvalue weighted by Gasteiger charge is 2.30. The molecule has 2 aromatic heterocycles. The third kappa shape index (κ3) is 3.76. The Morgan fingerprint density at radius 2 is 2.08 bits per heavy atom. The van der Waals surface area contributed by atoms with Crippen molar-refractivity contribution in [2.24, 2.45) is 5.73 Å². The molecule has 3 rings (SSSR count). The Bertz CT molecular complexity index is 858. The fraction of sp³-hybridized carbons (Fsp3) is 0.529. The molecule has 1 saturated heterocycles. The zero-order chi connectivity index (χ0) is 19.1. The minimum absolute atomic E-state index is 0.0530. The summed E-state index contributed by atoms with van der Waals surface area (Å²) in [6.07, 6.45) is 4.51. The van der Waals surface area contributed by atoms with E-state index in [1.807, 2.05) is 25.5 Å². The molecule has 1 aliphatic heterocycles. The molecule has 2 N–H and O–H groups in total. The Kier molecular flexibility index (Phi) is 5.09. The van der Waals surface area contributed by atoms with E-state index in [0.717, 1.165) is 21.9 Å². The van der Waals surface area contributed by atoms with E-state index in [1.165, 1.54) is 6.20 Å². The van der Waals surface area contributed by atoms with E-state index in [1.54, 1.807) is 11.1 Å². The number of carbonyl (C=O) groups excluding carboxylic acids is 2. The molecular weight excluding hydrogens is 449 g/mol. The normalized spacial score (nSPS) is 18.2. The number of halogens is 1. The topological polar surface area (TPSA) is 103 Å². The first-order chi connectivity index (χ1) is 12.2. The number of primary amides is 1. The van der Waals surface area contributed by atoms with Crippen LogP contribution in [0.15, 0.2) is 12.4 Å². The molecule has 0 saturated carbocycles. The second-order valence-corrected chi connectivity index (χ2v) is 8.43. The summed E-state index contributed by atoms with van der Waals surface area (Å²) in [5, 5.41) is 5.39. The Balaban J connectivity index is 1.94. The van der Waals surface area contributed by atoms with Gasteiger partial charge in [0.15, 0.2) is 0 Å². The number of likely N-dealkylation sites (tertiary alicyclic amines) is 1. The molecule has 140 valence electrons. The molecule has 1 fully saturated rings. The Hall–Kier alpha value is -1.91. The monoisotopic (exact) mass is 471 g/mol. The van der Waals surface area contributed by atoms with Crippen LogP contribution in [0.1, 0.15) is 50.0 Å². The standard InChI is InChI=1S/C17H22IN5O3/c1-17(2,3)26-16(25)22-6-4-5-10(9-22)23-13-11(14(18)21-23)7-20-8-12(13)15(19)24/h7-8,10H,4-6,9H2,1-3H3,(H2,19,24)/t10-/m1/s1. The predicted molar refractivity (Wildman–Crippen MR) is 105 cm³/mol. The maximum absolute atomic E-state index is 12.4. The molecule has 9 heteroatoms. The van der Waals surface area contributed by atoms with E-state index in [-0.39, 0.29) is 12.1 Å². The molecule has 1 aliphatic rings.